The first-order chi connectivity index (χ1) is 16.1. The molecule has 2 aliphatic heterocycles. The second kappa shape index (κ2) is 12.5. The van der Waals surface area contributed by atoms with Gasteiger partial charge in [-0.1, -0.05) is 19.1 Å². The Labute approximate surface area is 198 Å². The summed E-state index contributed by atoms with van der Waals surface area (Å²) in [6, 6.07) is 8.08. The second-order valence-corrected chi connectivity index (χ2v) is 8.89. The van der Waals surface area contributed by atoms with Gasteiger partial charge in [0, 0.05) is 58.4 Å². The number of amides is 1. The molecule has 0 bridgehead atoms. The number of rotatable bonds is 7. The maximum absolute atomic E-state index is 12.9. The molecule has 2 fully saturated rings. The summed E-state index contributed by atoms with van der Waals surface area (Å²) < 4.78 is 42.5. The van der Waals surface area contributed by atoms with Gasteiger partial charge in [0.2, 0.25) is 0 Å². The predicted molar refractivity (Wildman–Crippen MR) is 121 cm³/mol. The second-order valence-electron chi connectivity index (χ2n) is 8.89. The molecule has 0 radical (unpaired) electrons. The third-order valence-electron chi connectivity index (χ3n) is 6.76. The van der Waals surface area contributed by atoms with E-state index in [0.717, 1.165) is 70.8 Å². The van der Waals surface area contributed by atoms with E-state index in [-0.39, 0.29) is 11.3 Å². The highest BCUT2D eigenvalue weighted by molar-refractivity contribution is 5.94. The average Bonchev–Trinajstić information content (AvgIpc) is 3.14. The topological polar surface area (TPSA) is 79.3 Å². The van der Waals surface area contributed by atoms with Gasteiger partial charge in [0.05, 0.1) is 13.2 Å². The van der Waals surface area contributed by atoms with Crippen molar-refractivity contribution in [1.29, 1.82) is 0 Å². The summed E-state index contributed by atoms with van der Waals surface area (Å²) in [4.78, 5) is 26.3. The van der Waals surface area contributed by atoms with E-state index in [1.807, 2.05) is 17.0 Å². The Morgan fingerprint density at radius 3 is 2.18 bits per heavy atom. The van der Waals surface area contributed by atoms with Gasteiger partial charge < -0.3 is 24.4 Å². The van der Waals surface area contributed by atoms with Crippen molar-refractivity contribution in [3.8, 4) is 0 Å². The number of nitrogens with zero attached hydrogens (tertiary/aromatic N) is 2. The molecular formula is C24H35F3N2O5. The van der Waals surface area contributed by atoms with E-state index in [4.69, 9.17) is 19.4 Å². The van der Waals surface area contributed by atoms with Crippen molar-refractivity contribution >= 4 is 11.9 Å². The summed E-state index contributed by atoms with van der Waals surface area (Å²) in [5.41, 5.74) is 2.35. The molecule has 1 amide bonds. The van der Waals surface area contributed by atoms with E-state index in [2.05, 4.69) is 24.0 Å². The molecule has 34 heavy (non-hydrogen) atoms. The SMILES string of the molecule is CCc1ccc(C(=O)N2CCC3(CC2)CN(CCOC)CC3COC)cc1.O=C(O)C(F)(F)F. The first-order valence-electron chi connectivity index (χ1n) is 11.4. The molecule has 0 aliphatic carbocycles. The highest BCUT2D eigenvalue weighted by atomic mass is 19.4. The van der Waals surface area contributed by atoms with Crippen LogP contribution >= 0.6 is 0 Å². The number of aliphatic carboxylic acids is 1. The van der Waals surface area contributed by atoms with Crippen LogP contribution in [0, 0.1) is 11.3 Å². The lowest BCUT2D eigenvalue weighted by atomic mass is 9.71. The number of carboxylic acid groups (broad SMARTS) is 1. The number of likely N-dealkylation sites (tertiary alicyclic amines) is 2. The monoisotopic (exact) mass is 488 g/mol. The van der Waals surface area contributed by atoms with Gasteiger partial charge >= 0.3 is 12.1 Å². The van der Waals surface area contributed by atoms with Gasteiger partial charge in [-0.25, -0.2) is 4.79 Å². The highest BCUT2D eigenvalue weighted by Gasteiger charge is 2.48. The molecule has 7 nitrogen and oxygen atoms in total. The highest BCUT2D eigenvalue weighted by Crippen LogP contribution is 2.45. The minimum Gasteiger partial charge on any atom is -0.475 e. The smallest absolute Gasteiger partial charge is 0.475 e. The van der Waals surface area contributed by atoms with Crippen LogP contribution in [0.1, 0.15) is 35.7 Å². The zero-order valence-electron chi connectivity index (χ0n) is 20.1. The first-order valence-corrected chi connectivity index (χ1v) is 11.4. The molecule has 3 rings (SSSR count). The van der Waals surface area contributed by atoms with E-state index in [0.29, 0.717) is 5.92 Å². The van der Waals surface area contributed by atoms with Crippen molar-refractivity contribution in [1.82, 2.24) is 9.80 Å². The average molecular weight is 489 g/mol. The molecule has 1 unspecified atom stereocenters. The molecule has 2 heterocycles. The summed E-state index contributed by atoms with van der Waals surface area (Å²) in [6.07, 6.45) is -1.96. The van der Waals surface area contributed by atoms with Gasteiger partial charge in [0.25, 0.3) is 5.91 Å². The number of hydrogen-bond acceptors (Lipinski definition) is 5. The number of ether oxygens (including phenoxy) is 2. The van der Waals surface area contributed by atoms with Gasteiger partial charge in [-0.15, -0.1) is 0 Å². The summed E-state index contributed by atoms with van der Waals surface area (Å²) in [6.45, 7) is 8.53. The number of carbonyl (C=O) groups is 2. The van der Waals surface area contributed by atoms with Crippen molar-refractivity contribution in [2.75, 3.05) is 60.2 Å². The van der Waals surface area contributed by atoms with Gasteiger partial charge in [-0.05, 0) is 42.4 Å². The third kappa shape index (κ3) is 7.41. The maximum atomic E-state index is 12.9. The fraction of sp³-hybridized carbons (Fsp3) is 0.667. The van der Waals surface area contributed by atoms with Crippen LogP contribution in [0.3, 0.4) is 0 Å². The van der Waals surface area contributed by atoms with Crippen LogP contribution in [0.4, 0.5) is 13.2 Å². The lowest BCUT2D eigenvalue weighted by Gasteiger charge is -2.42. The number of aryl methyl sites for hydroxylation is 1. The predicted octanol–water partition coefficient (Wildman–Crippen LogP) is 3.33. The standard InChI is InChI=1S/C22H34N2O3.C2HF3O2/c1-4-18-5-7-19(8-6-18)21(25)24-11-9-22(10-12-24)17-23(13-14-26-2)15-20(22)16-27-3;3-2(4,5)1(6)7/h5-8,20H,4,9-17H2,1-3H3;(H,6,7). The Kier molecular flexibility index (Phi) is 10.3. The maximum Gasteiger partial charge on any atom is 0.490 e. The van der Waals surface area contributed by atoms with Gasteiger partial charge in [-0.2, -0.15) is 13.2 Å². The van der Waals surface area contributed by atoms with Gasteiger partial charge in [0.1, 0.15) is 0 Å². The number of alkyl halides is 3. The zero-order chi connectivity index (χ0) is 25.4. The minimum atomic E-state index is -5.08. The molecule has 1 aromatic carbocycles. The van der Waals surface area contributed by atoms with Crippen molar-refractivity contribution in [2.45, 2.75) is 32.4 Å². The normalized spacial score (nSPS) is 20.2. The summed E-state index contributed by atoms with van der Waals surface area (Å²) in [7, 11) is 3.56. The molecule has 1 atom stereocenters. The van der Waals surface area contributed by atoms with E-state index >= 15 is 0 Å². The molecule has 1 aromatic rings. The summed E-state index contributed by atoms with van der Waals surface area (Å²) in [5.74, 6) is -2.04. The Hall–Kier alpha value is -2.17. The summed E-state index contributed by atoms with van der Waals surface area (Å²) >= 11 is 0. The van der Waals surface area contributed by atoms with Crippen LogP contribution < -0.4 is 0 Å². The van der Waals surface area contributed by atoms with Crippen LogP contribution in [0.2, 0.25) is 0 Å². The summed E-state index contributed by atoms with van der Waals surface area (Å²) in [5, 5.41) is 7.12. The fourth-order valence-electron chi connectivity index (χ4n) is 4.75. The van der Waals surface area contributed by atoms with Crippen LogP contribution in [0.25, 0.3) is 0 Å². The Morgan fingerprint density at radius 2 is 1.71 bits per heavy atom. The largest absolute Gasteiger partial charge is 0.490 e. The van der Waals surface area contributed by atoms with Crippen LogP contribution in [0.5, 0.6) is 0 Å². The van der Waals surface area contributed by atoms with E-state index < -0.39 is 12.1 Å². The molecule has 192 valence electrons. The first kappa shape index (κ1) is 28.1. The van der Waals surface area contributed by atoms with E-state index in [9.17, 15) is 18.0 Å². The minimum absolute atomic E-state index is 0.171. The van der Waals surface area contributed by atoms with Crippen molar-refractivity contribution in [2.24, 2.45) is 11.3 Å². The van der Waals surface area contributed by atoms with Crippen molar-refractivity contribution in [3.05, 3.63) is 35.4 Å². The molecule has 0 saturated carbocycles. The van der Waals surface area contributed by atoms with E-state index in [1.165, 1.54) is 5.56 Å². The third-order valence-corrected chi connectivity index (χ3v) is 6.76. The van der Waals surface area contributed by atoms with Gasteiger partial charge in [-0.3, -0.25) is 4.79 Å². The number of hydrogen-bond donors (Lipinski definition) is 1. The molecule has 2 saturated heterocycles. The van der Waals surface area contributed by atoms with Crippen molar-refractivity contribution < 1.29 is 37.3 Å². The van der Waals surface area contributed by atoms with Crippen LogP contribution in [-0.2, 0) is 20.7 Å². The van der Waals surface area contributed by atoms with Crippen LogP contribution in [-0.4, -0.2) is 93.1 Å². The van der Waals surface area contributed by atoms with Gasteiger partial charge in [0.15, 0.2) is 0 Å². The molecule has 1 N–H and O–H groups in total. The lowest BCUT2D eigenvalue weighted by Crippen LogP contribution is -2.47. The van der Waals surface area contributed by atoms with E-state index in [1.54, 1.807) is 14.2 Å². The quantitative estimate of drug-likeness (QED) is 0.635. The number of piperidine rings is 1. The molecule has 1 spiro atoms. The Morgan fingerprint density at radius 1 is 1.12 bits per heavy atom. The molecule has 10 heteroatoms. The number of carbonyl (C=O) groups excluding carboxylic acids is 1. The number of halogens is 3. The lowest BCUT2D eigenvalue weighted by molar-refractivity contribution is -0.192. The van der Waals surface area contributed by atoms with Crippen molar-refractivity contribution in [3.63, 3.8) is 0 Å². The molecule has 2 aliphatic rings. The number of carboxylic acids is 1. The Bertz CT molecular complexity index is 793. The fourth-order valence-corrected chi connectivity index (χ4v) is 4.75. The zero-order valence-corrected chi connectivity index (χ0v) is 20.1. The molecule has 0 aromatic heterocycles. The molecular weight excluding hydrogens is 453 g/mol. The Balaban J connectivity index is 0.000000509. The number of benzene rings is 1. The number of methoxy groups -OCH3 is 2. The van der Waals surface area contributed by atoms with Crippen LogP contribution in [0.15, 0.2) is 24.3 Å².